The predicted molar refractivity (Wildman–Crippen MR) is 88.0 cm³/mol. The van der Waals surface area contributed by atoms with E-state index in [-0.39, 0.29) is 5.41 Å². The van der Waals surface area contributed by atoms with Gasteiger partial charge in [0.25, 0.3) is 0 Å². The largest absolute Gasteiger partial charge is 0.356 e. The van der Waals surface area contributed by atoms with Gasteiger partial charge in [0, 0.05) is 24.6 Å². The van der Waals surface area contributed by atoms with Crippen molar-refractivity contribution in [2.75, 3.05) is 18.0 Å². The molecule has 21 heavy (non-hydrogen) atoms. The molecule has 0 bridgehead atoms. The van der Waals surface area contributed by atoms with Crippen LogP contribution in [0.3, 0.4) is 0 Å². The highest BCUT2D eigenvalue weighted by molar-refractivity contribution is 6.29. The fourth-order valence-electron chi connectivity index (χ4n) is 3.71. The number of fused-ring (bicyclic) bond motifs is 1. The second kappa shape index (κ2) is 5.75. The molecule has 3 rings (SSSR count). The molecular formula is C17H26ClN3. The molecule has 1 saturated carbocycles. The molecule has 1 aromatic heterocycles. The minimum atomic E-state index is -0.0667. The third-order valence-electron chi connectivity index (χ3n) is 4.97. The number of hydrogen-bond acceptors (Lipinski definition) is 3. The molecule has 2 atom stereocenters. The Kier molecular flexibility index (Phi) is 4.13. The van der Waals surface area contributed by atoms with E-state index in [1.54, 1.807) is 0 Å². The number of rotatable bonds is 1. The van der Waals surface area contributed by atoms with Gasteiger partial charge in [-0.2, -0.15) is 0 Å². The van der Waals surface area contributed by atoms with E-state index in [9.17, 15) is 0 Å². The maximum Gasteiger partial charge on any atom is 0.137 e. The molecule has 1 saturated heterocycles. The minimum absolute atomic E-state index is 0.0667. The molecule has 2 heterocycles. The van der Waals surface area contributed by atoms with Crippen LogP contribution in [0.2, 0.25) is 5.15 Å². The second-order valence-corrected chi connectivity index (χ2v) is 8.05. The Morgan fingerprint density at radius 1 is 1.10 bits per heavy atom. The van der Waals surface area contributed by atoms with Gasteiger partial charge in [-0.05, 0) is 24.7 Å². The van der Waals surface area contributed by atoms with Crippen molar-refractivity contribution in [3.8, 4) is 0 Å². The maximum absolute atomic E-state index is 6.23. The molecule has 3 nitrogen and oxygen atoms in total. The summed E-state index contributed by atoms with van der Waals surface area (Å²) in [5.41, 5.74) is -0.0667. The quantitative estimate of drug-likeness (QED) is 0.718. The molecular weight excluding hydrogens is 282 g/mol. The zero-order valence-corrected chi connectivity index (χ0v) is 14.2. The summed E-state index contributed by atoms with van der Waals surface area (Å²) in [6.07, 6.45) is 6.93. The van der Waals surface area contributed by atoms with Crippen LogP contribution >= 0.6 is 11.6 Å². The Balaban J connectivity index is 1.82. The van der Waals surface area contributed by atoms with Gasteiger partial charge in [0.2, 0.25) is 0 Å². The van der Waals surface area contributed by atoms with Crippen molar-refractivity contribution < 1.29 is 0 Å². The molecule has 1 aromatic rings. The monoisotopic (exact) mass is 307 g/mol. The number of hydrogen-bond donors (Lipinski definition) is 0. The van der Waals surface area contributed by atoms with Crippen LogP contribution in [0.1, 0.15) is 58.7 Å². The molecule has 116 valence electrons. The molecule has 0 radical (unpaired) electrons. The first-order valence-corrected chi connectivity index (χ1v) is 8.61. The lowest BCUT2D eigenvalue weighted by Crippen LogP contribution is -2.42. The molecule has 2 unspecified atom stereocenters. The minimum Gasteiger partial charge on any atom is -0.356 e. The number of anilines is 1. The topological polar surface area (TPSA) is 29.0 Å². The van der Waals surface area contributed by atoms with Crippen molar-refractivity contribution >= 4 is 17.4 Å². The molecule has 2 fully saturated rings. The van der Waals surface area contributed by atoms with Crippen molar-refractivity contribution in [1.29, 1.82) is 0 Å². The fraction of sp³-hybridized carbons (Fsp3) is 0.765. The second-order valence-electron chi connectivity index (χ2n) is 7.66. The number of piperidine rings is 1. The van der Waals surface area contributed by atoms with E-state index in [0.29, 0.717) is 5.15 Å². The van der Waals surface area contributed by atoms with Crippen LogP contribution in [-0.2, 0) is 5.41 Å². The first kappa shape index (κ1) is 15.1. The molecule has 0 N–H and O–H groups in total. The van der Waals surface area contributed by atoms with E-state index >= 15 is 0 Å². The Morgan fingerprint density at radius 3 is 2.52 bits per heavy atom. The third-order valence-corrected chi connectivity index (χ3v) is 5.16. The standard InChI is InChI=1S/C17H26ClN3/c1-17(2,3)16-19-14(18)10-15(20-16)21-9-8-12-6-4-5-7-13(12)11-21/h10,12-13H,4-9,11H2,1-3H3. The smallest absolute Gasteiger partial charge is 0.137 e. The van der Waals surface area contributed by atoms with Gasteiger partial charge in [0.1, 0.15) is 16.8 Å². The molecule has 0 aromatic carbocycles. The fourth-order valence-corrected chi connectivity index (χ4v) is 3.89. The Labute approximate surface area is 133 Å². The Morgan fingerprint density at radius 2 is 1.81 bits per heavy atom. The van der Waals surface area contributed by atoms with Crippen LogP contribution in [-0.4, -0.2) is 23.1 Å². The predicted octanol–water partition coefficient (Wildman–Crippen LogP) is 4.44. The van der Waals surface area contributed by atoms with E-state index in [0.717, 1.165) is 36.6 Å². The summed E-state index contributed by atoms with van der Waals surface area (Å²) in [4.78, 5) is 11.6. The lowest BCUT2D eigenvalue weighted by atomic mass is 9.75. The average molecular weight is 308 g/mol. The van der Waals surface area contributed by atoms with Crippen molar-refractivity contribution in [3.05, 3.63) is 17.0 Å². The van der Waals surface area contributed by atoms with Gasteiger partial charge < -0.3 is 4.90 Å². The van der Waals surface area contributed by atoms with Gasteiger partial charge in [-0.25, -0.2) is 9.97 Å². The number of nitrogens with zero attached hydrogens (tertiary/aromatic N) is 3. The van der Waals surface area contributed by atoms with Gasteiger partial charge in [0.05, 0.1) is 0 Å². The van der Waals surface area contributed by atoms with Crippen LogP contribution in [0, 0.1) is 11.8 Å². The highest BCUT2D eigenvalue weighted by Crippen LogP contribution is 2.37. The van der Waals surface area contributed by atoms with Crippen molar-refractivity contribution in [2.45, 2.75) is 58.3 Å². The summed E-state index contributed by atoms with van der Waals surface area (Å²) < 4.78 is 0. The lowest BCUT2D eigenvalue weighted by Gasteiger charge is -2.42. The summed E-state index contributed by atoms with van der Waals surface area (Å²) in [6.45, 7) is 8.65. The highest BCUT2D eigenvalue weighted by Gasteiger charge is 2.32. The molecule has 0 amide bonds. The van der Waals surface area contributed by atoms with Gasteiger partial charge in [-0.1, -0.05) is 51.6 Å². The van der Waals surface area contributed by atoms with E-state index in [1.165, 1.54) is 32.1 Å². The van der Waals surface area contributed by atoms with Gasteiger partial charge >= 0.3 is 0 Å². The highest BCUT2D eigenvalue weighted by atomic mass is 35.5. The van der Waals surface area contributed by atoms with E-state index < -0.39 is 0 Å². The van der Waals surface area contributed by atoms with Crippen LogP contribution in [0.4, 0.5) is 5.82 Å². The first-order valence-electron chi connectivity index (χ1n) is 8.23. The maximum atomic E-state index is 6.23. The Hall–Kier alpha value is -0.830. The molecule has 2 aliphatic rings. The van der Waals surface area contributed by atoms with E-state index in [4.69, 9.17) is 16.6 Å². The van der Waals surface area contributed by atoms with Crippen LogP contribution < -0.4 is 4.90 Å². The number of halogens is 1. The van der Waals surface area contributed by atoms with Gasteiger partial charge in [-0.15, -0.1) is 0 Å². The van der Waals surface area contributed by atoms with Crippen LogP contribution in [0.25, 0.3) is 0 Å². The SMILES string of the molecule is CC(C)(C)c1nc(Cl)cc(N2CCC3CCCCC3C2)n1. The zero-order chi connectivity index (χ0) is 15.0. The zero-order valence-electron chi connectivity index (χ0n) is 13.4. The number of aromatic nitrogens is 2. The van der Waals surface area contributed by atoms with Crippen molar-refractivity contribution in [1.82, 2.24) is 9.97 Å². The summed E-state index contributed by atoms with van der Waals surface area (Å²) in [7, 11) is 0. The summed E-state index contributed by atoms with van der Waals surface area (Å²) in [5, 5.41) is 0.565. The summed E-state index contributed by atoms with van der Waals surface area (Å²) in [5.74, 6) is 3.65. The third kappa shape index (κ3) is 3.33. The van der Waals surface area contributed by atoms with E-state index in [1.807, 2.05) is 6.07 Å². The average Bonchev–Trinajstić information content (AvgIpc) is 2.45. The van der Waals surface area contributed by atoms with E-state index in [2.05, 4.69) is 30.7 Å². The molecule has 0 spiro atoms. The molecule has 4 heteroatoms. The summed E-state index contributed by atoms with van der Waals surface area (Å²) in [6, 6.07) is 1.93. The van der Waals surface area contributed by atoms with Gasteiger partial charge in [0.15, 0.2) is 0 Å². The first-order chi connectivity index (χ1) is 9.93. The van der Waals surface area contributed by atoms with Gasteiger partial charge in [-0.3, -0.25) is 0 Å². The summed E-state index contributed by atoms with van der Waals surface area (Å²) >= 11 is 6.23. The van der Waals surface area contributed by atoms with Crippen molar-refractivity contribution in [3.63, 3.8) is 0 Å². The van der Waals surface area contributed by atoms with Crippen molar-refractivity contribution in [2.24, 2.45) is 11.8 Å². The molecule has 1 aliphatic heterocycles. The Bertz CT molecular complexity index is 509. The van der Waals surface area contributed by atoms with Crippen LogP contribution in [0.15, 0.2) is 6.07 Å². The lowest BCUT2D eigenvalue weighted by molar-refractivity contribution is 0.202. The molecule has 1 aliphatic carbocycles. The van der Waals surface area contributed by atoms with Crippen LogP contribution in [0.5, 0.6) is 0 Å². The normalized spacial score (nSPS) is 26.6.